The molecule has 1 aliphatic rings. The van der Waals surface area contributed by atoms with Gasteiger partial charge in [-0.2, -0.15) is 0 Å². The van der Waals surface area contributed by atoms with Crippen LogP contribution in [0.15, 0.2) is 42.5 Å². The molecule has 2 nitrogen and oxygen atoms in total. The molecule has 1 amide bonds. The fourth-order valence-corrected chi connectivity index (χ4v) is 3.14. The molecule has 1 N–H and O–H groups in total. The van der Waals surface area contributed by atoms with Crippen LogP contribution in [0.5, 0.6) is 0 Å². The number of benzene rings is 2. The highest BCUT2D eigenvalue weighted by molar-refractivity contribution is 6.30. The standard InChI is InChI=1S/C17H15Cl2NO/c18-14-3-1-2-11(8-14)9-16(19)13-5-4-12-6-7-20-17(21)15(12)10-13/h1-5,8,10,16H,6-7,9H2,(H,20,21). The van der Waals surface area contributed by atoms with Crippen molar-refractivity contribution in [2.75, 3.05) is 6.54 Å². The van der Waals surface area contributed by atoms with Crippen molar-refractivity contribution < 1.29 is 4.79 Å². The highest BCUT2D eigenvalue weighted by Crippen LogP contribution is 2.28. The minimum atomic E-state index is -0.177. The van der Waals surface area contributed by atoms with Gasteiger partial charge < -0.3 is 5.32 Å². The van der Waals surface area contributed by atoms with E-state index in [9.17, 15) is 4.79 Å². The van der Waals surface area contributed by atoms with E-state index < -0.39 is 0 Å². The number of hydrogen-bond acceptors (Lipinski definition) is 1. The molecule has 0 fully saturated rings. The summed E-state index contributed by atoms with van der Waals surface area (Å²) in [5.41, 5.74) is 3.89. The van der Waals surface area contributed by atoms with Crippen molar-refractivity contribution in [3.63, 3.8) is 0 Å². The average Bonchev–Trinajstić information content (AvgIpc) is 2.47. The summed E-state index contributed by atoms with van der Waals surface area (Å²) in [5, 5.41) is 3.39. The summed E-state index contributed by atoms with van der Waals surface area (Å²) >= 11 is 12.5. The number of hydrogen-bond donors (Lipinski definition) is 1. The van der Waals surface area contributed by atoms with Crippen LogP contribution < -0.4 is 5.32 Å². The molecule has 1 aliphatic heterocycles. The predicted octanol–water partition coefficient (Wildman–Crippen LogP) is 4.15. The first-order valence-corrected chi connectivity index (χ1v) is 7.74. The monoisotopic (exact) mass is 319 g/mol. The molecule has 2 aromatic carbocycles. The maximum atomic E-state index is 11.9. The second-order valence-electron chi connectivity index (χ2n) is 5.22. The SMILES string of the molecule is O=C1NCCc2ccc(C(Cl)Cc3cccc(Cl)c3)cc21. The van der Waals surface area contributed by atoms with Gasteiger partial charge in [-0.25, -0.2) is 0 Å². The van der Waals surface area contributed by atoms with Gasteiger partial charge in [-0.15, -0.1) is 11.6 Å². The number of halogens is 2. The molecule has 2 aromatic rings. The molecular formula is C17H15Cl2NO. The van der Waals surface area contributed by atoms with Crippen LogP contribution in [-0.2, 0) is 12.8 Å². The predicted molar refractivity (Wildman–Crippen MR) is 86.2 cm³/mol. The van der Waals surface area contributed by atoms with Crippen LogP contribution in [0.3, 0.4) is 0 Å². The van der Waals surface area contributed by atoms with E-state index in [2.05, 4.69) is 5.32 Å². The molecule has 3 rings (SSSR count). The Bertz CT molecular complexity index is 684. The van der Waals surface area contributed by atoms with E-state index >= 15 is 0 Å². The van der Waals surface area contributed by atoms with E-state index in [0.29, 0.717) is 18.0 Å². The Morgan fingerprint density at radius 1 is 1.19 bits per heavy atom. The minimum absolute atomic E-state index is 0.00952. The highest BCUT2D eigenvalue weighted by atomic mass is 35.5. The van der Waals surface area contributed by atoms with Crippen LogP contribution in [0.1, 0.15) is 32.4 Å². The van der Waals surface area contributed by atoms with Gasteiger partial charge in [0.25, 0.3) is 5.91 Å². The first-order chi connectivity index (χ1) is 10.1. The van der Waals surface area contributed by atoms with Gasteiger partial charge in [0.15, 0.2) is 0 Å². The van der Waals surface area contributed by atoms with Crippen molar-refractivity contribution in [3.05, 3.63) is 69.7 Å². The van der Waals surface area contributed by atoms with Crippen molar-refractivity contribution in [3.8, 4) is 0 Å². The van der Waals surface area contributed by atoms with Gasteiger partial charge in [0.2, 0.25) is 0 Å². The number of rotatable bonds is 3. The molecule has 0 aliphatic carbocycles. The molecule has 1 heterocycles. The Morgan fingerprint density at radius 3 is 2.86 bits per heavy atom. The van der Waals surface area contributed by atoms with Gasteiger partial charge >= 0.3 is 0 Å². The van der Waals surface area contributed by atoms with Crippen LogP contribution >= 0.6 is 23.2 Å². The summed E-state index contributed by atoms with van der Waals surface area (Å²) in [6.07, 6.45) is 1.56. The molecule has 0 saturated heterocycles. The average molecular weight is 320 g/mol. The summed E-state index contributed by atoms with van der Waals surface area (Å²) < 4.78 is 0. The Balaban J connectivity index is 1.83. The van der Waals surface area contributed by atoms with Crippen molar-refractivity contribution in [1.29, 1.82) is 0 Å². The van der Waals surface area contributed by atoms with Crippen LogP contribution in [-0.4, -0.2) is 12.5 Å². The summed E-state index contributed by atoms with van der Waals surface area (Å²) in [7, 11) is 0. The van der Waals surface area contributed by atoms with E-state index in [1.54, 1.807) is 0 Å². The fraction of sp³-hybridized carbons (Fsp3) is 0.235. The van der Waals surface area contributed by atoms with E-state index in [0.717, 1.165) is 28.7 Å². The van der Waals surface area contributed by atoms with Gasteiger partial charge in [0, 0.05) is 17.1 Å². The number of amides is 1. The maximum Gasteiger partial charge on any atom is 0.251 e. The lowest BCUT2D eigenvalue weighted by molar-refractivity contribution is 0.0946. The van der Waals surface area contributed by atoms with Crippen LogP contribution in [0.25, 0.3) is 0 Å². The summed E-state index contributed by atoms with van der Waals surface area (Å²) in [5.74, 6) is -0.00952. The van der Waals surface area contributed by atoms with Gasteiger partial charge in [-0.05, 0) is 47.7 Å². The third-order valence-corrected chi connectivity index (χ3v) is 4.37. The second-order valence-corrected chi connectivity index (χ2v) is 6.19. The van der Waals surface area contributed by atoms with E-state index in [4.69, 9.17) is 23.2 Å². The Morgan fingerprint density at radius 2 is 2.05 bits per heavy atom. The van der Waals surface area contributed by atoms with Crippen molar-refractivity contribution in [1.82, 2.24) is 5.32 Å². The van der Waals surface area contributed by atoms with Gasteiger partial charge in [0.05, 0.1) is 5.38 Å². The zero-order valence-electron chi connectivity index (χ0n) is 11.4. The molecule has 4 heteroatoms. The van der Waals surface area contributed by atoms with Gasteiger partial charge in [-0.1, -0.05) is 35.9 Å². The molecule has 1 unspecified atom stereocenters. The molecule has 0 saturated carbocycles. The van der Waals surface area contributed by atoms with Crippen LogP contribution in [0.4, 0.5) is 0 Å². The second kappa shape index (κ2) is 6.08. The fourth-order valence-electron chi connectivity index (χ4n) is 2.61. The number of alkyl halides is 1. The lowest BCUT2D eigenvalue weighted by Crippen LogP contribution is -2.31. The van der Waals surface area contributed by atoms with Crippen LogP contribution in [0.2, 0.25) is 5.02 Å². The number of carbonyl (C=O) groups is 1. The van der Waals surface area contributed by atoms with Crippen molar-refractivity contribution in [2.45, 2.75) is 18.2 Å². The Kier molecular flexibility index (Phi) is 4.18. The molecule has 108 valence electrons. The molecular weight excluding hydrogens is 305 g/mol. The smallest absolute Gasteiger partial charge is 0.251 e. The first-order valence-electron chi connectivity index (χ1n) is 6.93. The lowest BCUT2D eigenvalue weighted by atomic mass is 9.95. The highest BCUT2D eigenvalue weighted by Gasteiger charge is 2.19. The number of nitrogens with one attached hydrogen (secondary N) is 1. The zero-order valence-corrected chi connectivity index (χ0v) is 12.9. The van der Waals surface area contributed by atoms with E-state index in [-0.39, 0.29) is 11.3 Å². The maximum absolute atomic E-state index is 11.9. The van der Waals surface area contributed by atoms with Crippen LogP contribution in [0, 0.1) is 0 Å². The number of fused-ring (bicyclic) bond motifs is 1. The molecule has 0 spiro atoms. The molecule has 0 bridgehead atoms. The van der Waals surface area contributed by atoms with E-state index in [1.165, 1.54) is 0 Å². The zero-order chi connectivity index (χ0) is 14.8. The molecule has 1 atom stereocenters. The third-order valence-electron chi connectivity index (χ3n) is 3.72. The first kappa shape index (κ1) is 14.4. The molecule has 21 heavy (non-hydrogen) atoms. The lowest BCUT2D eigenvalue weighted by Gasteiger charge is -2.18. The normalized spacial score (nSPS) is 15.2. The largest absolute Gasteiger partial charge is 0.352 e. The van der Waals surface area contributed by atoms with Gasteiger partial charge in [0.1, 0.15) is 0 Å². The summed E-state index contributed by atoms with van der Waals surface area (Å²) in [6.45, 7) is 0.706. The van der Waals surface area contributed by atoms with Crippen molar-refractivity contribution >= 4 is 29.1 Å². The quantitative estimate of drug-likeness (QED) is 0.846. The molecule has 0 radical (unpaired) electrons. The van der Waals surface area contributed by atoms with Gasteiger partial charge in [-0.3, -0.25) is 4.79 Å². The number of carbonyl (C=O) groups excluding carboxylic acids is 1. The summed E-state index contributed by atoms with van der Waals surface area (Å²) in [6, 6.07) is 13.6. The topological polar surface area (TPSA) is 29.1 Å². The Labute approximate surface area is 134 Å². The Hall–Kier alpha value is -1.51. The minimum Gasteiger partial charge on any atom is -0.352 e. The van der Waals surface area contributed by atoms with E-state index in [1.807, 2.05) is 42.5 Å². The molecule has 0 aromatic heterocycles. The third kappa shape index (κ3) is 3.22. The van der Waals surface area contributed by atoms with Crippen molar-refractivity contribution in [2.24, 2.45) is 0 Å². The summed E-state index contributed by atoms with van der Waals surface area (Å²) in [4.78, 5) is 11.9.